The molecular weight excluding hydrogens is 194 g/mol. The van der Waals surface area contributed by atoms with E-state index in [1.807, 2.05) is 0 Å². The Labute approximate surface area is 85.7 Å². The lowest BCUT2D eigenvalue weighted by atomic mass is 10.5. The first-order chi connectivity index (χ1) is 7.33. The van der Waals surface area contributed by atoms with Crippen molar-refractivity contribution in [1.29, 1.82) is 0 Å². The minimum absolute atomic E-state index is 0.172. The number of fused-ring (bicyclic) bond motifs is 1. The molecule has 6 heteroatoms. The van der Waals surface area contributed by atoms with Gasteiger partial charge < -0.3 is 5.73 Å². The van der Waals surface area contributed by atoms with Crippen LogP contribution in [0, 0.1) is 0 Å². The van der Waals surface area contributed by atoms with Crippen LogP contribution in [0.25, 0.3) is 5.65 Å². The lowest BCUT2D eigenvalue weighted by Gasteiger charge is -1.89. The molecule has 0 aliphatic carbocycles. The Kier molecular flexibility index (Phi) is 2.59. The van der Waals surface area contributed by atoms with E-state index in [-0.39, 0.29) is 5.69 Å². The highest BCUT2D eigenvalue weighted by atomic mass is 16.2. The summed E-state index contributed by atoms with van der Waals surface area (Å²) in [4.78, 5) is 15.6. The summed E-state index contributed by atoms with van der Waals surface area (Å²) in [5, 5.41) is 4.10. The minimum atomic E-state index is -0.172. The van der Waals surface area contributed by atoms with Gasteiger partial charge in [-0.05, 0) is 0 Å². The molecule has 0 unspecified atom stereocenters. The van der Waals surface area contributed by atoms with Crippen LogP contribution >= 0.6 is 0 Å². The molecule has 2 heterocycles. The quantitative estimate of drug-likeness (QED) is 0.679. The van der Waals surface area contributed by atoms with Gasteiger partial charge in [-0.2, -0.15) is 0 Å². The first kappa shape index (κ1) is 9.60. The second-order valence-corrected chi connectivity index (χ2v) is 2.98. The summed E-state index contributed by atoms with van der Waals surface area (Å²) in [6.45, 7) is 0.890. The Hall–Kier alpha value is -1.95. The highest BCUT2D eigenvalue weighted by Gasteiger charge is 2.03. The van der Waals surface area contributed by atoms with Crippen LogP contribution < -0.4 is 11.4 Å². The van der Waals surface area contributed by atoms with Gasteiger partial charge in [0.05, 0.1) is 12.7 Å². The first-order valence-electron chi connectivity index (χ1n) is 4.57. The topological polar surface area (TPSA) is 78.2 Å². The van der Waals surface area contributed by atoms with Crippen LogP contribution in [0.1, 0.15) is 0 Å². The largest absolute Gasteiger partial charge is 0.350 e. The molecule has 2 N–H and O–H groups in total. The summed E-state index contributed by atoms with van der Waals surface area (Å²) < 4.78 is 2.81. The van der Waals surface area contributed by atoms with Crippen molar-refractivity contribution in [3.63, 3.8) is 0 Å². The maximum Gasteiger partial charge on any atom is 0.350 e. The summed E-state index contributed by atoms with van der Waals surface area (Å²) in [6.07, 6.45) is 8.28. The standard InChI is InChI=1S/C9H11N5O/c10-3-1-2-5-14-9(15)13-6-4-11-7-8(13)12-14/h1-2,4,6-7H,3,5,10H2. The van der Waals surface area contributed by atoms with E-state index < -0.39 is 0 Å². The van der Waals surface area contributed by atoms with Crippen molar-refractivity contribution in [2.45, 2.75) is 6.54 Å². The molecular formula is C9H11N5O. The SMILES string of the molecule is NCC=CCn1nc2cnccn2c1=O. The highest BCUT2D eigenvalue weighted by molar-refractivity contribution is 5.31. The maximum absolute atomic E-state index is 11.7. The van der Waals surface area contributed by atoms with Crippen molar-refractivity contribution >= 4 is 5.65 Å². The third-order valence-corrected chi connectivity index (χ3v) is 1.97. The maximum atomic E-state index is 11.7. The van der Waals surface area contributed by atoms with Gasteiger partial charge in [0.25, 0.3) is 0 Å². The smallest absolute Gasteiger partial charge is 0.327 e. The van der Waals surface area contributed by atoms with Crippen molar-refractivity contribution in [2.75, 3.05) is 6.54 Å². The monoisotopic (exact) mass is 205 g/mol. The molecule has 2 rings (SSSR count). The number of allylic oxidation sites excluding steroid dienone is 1. The Bertz CT molecular complexity index is 539. The Morgan fingerprint density at radius 3 is 3.07 bits per heavy atom. The Morgan fingerprint density at radius 2 is 2.33 bits per heavy atom. The Balaban J connectivity index is 2.40. The number of hydrogen-bond acceptors (Lipinski definition) is 4. The van der Waals surface area contributed by atoms with Crippen molar-refractivity contribution in [3.8, 4) is 0 Å². The molecule has 0 amide bonds. The third kappa shape index (κ3) is 1.79. The fraction of sp³-hybridized carbons (Fsp3) is 0.222. The summed E-state index contributed by atoms with van der Waals surface area (Å²) in [5.41, 5.74) is 5.67. The zero-order valence-electron chi connectivity index (χ0n) is 8.08. The van der Waals surface area contributed by atoms with Crippen LogP contribution in [0.4, 0.5) is 0 Å². The lowest BCUT2D eigenvalue weighted by molar-refractivity contribution is 0.671. The molecule has 78 valence electrons. The highest BCUT2D eigenvalue weighted by Crippen LogP contribution is 1.91. The van der Waals surface area contributed by atoms with Gasteiger partial charge in [-0.25, -0.2) is 13.9 Å². The molecule has 0 radical (unpaired) electrons. The number of hydrogen-bond donors (Lipinski definition) is 1. The molecule has 0 spiro atoms. The molecule has 0 atom stereocenters. The van der Waals surface area contributed by atoms with Crippen LogP contribution in [0.5, 0.6) is 0 Å². The summed E-state index contributed by atoms with van der Waals surface area (Å²) >= 11 is 0. The van der Waals surface area contributed by atoms with Gasteiger partial charge >= 0.3 is 5.69 Å². The molecule has 0 aliphatic rings. The zero-order chi connectivity index (χ0) is 10.7. The van der Waals surface area contributed by atoms with Gasteiger partial charge in [-0.1, -0.05) is 12.2 Å². The molecule has 0 saturated carbocycles. The number of aromatic nitrogens is 4. The van der Waals surface area contributed by atoms with Gasteiger partial charge in [-0.15, -0.1) is 5.10 Å². The number of nitrogens with two attached hydrogens (primary N) is 1. The molecule has 0 aliphatic heterocycles. The fourth-order valence-electron chi connectivity index (χ4n) is 1.27. The van der Waals surface area contributed by atoms with Crippen LogP contribution in [0.15, 0.2) is 35.5 Å². The van der Waals surface area contributed by atoms with Gasteiger partial charge in [-0.3, -0.25) is 4.98 Å². The summed E-state index contributed by atoms with van der Waals surface area (Å²) in [7, 11) is 0. The van der Waals surface area contributed by atoms with Gasteiger partial charge in [0.15, 0.2) is 5.65 Å². The molecule has 0 bridgehead atoms. The first-order valence-corrected chi connectivity index (χ1v) is 4.57. The summed E-state index contributed by atoms with van der Waals surface area (Å²) in [5.74, 6) is 0. The average Bonchev–Trinajstić information content (AvgIpc) is 2.57. The molecule has 0 saturated heterocycles. The molecule has 0 aromatic carbocycles. The average molecular weight is 205 g/mol. The third-order valence-electron chi connectivity index (χ3n) is 1.97. The number of rotatable bonds is 3. The normalized spacial score (nSPS) is 11.5. The molecule has 15 heavy (non-hydrogen) atoms. The van der Waals surface area contributed by atoms with Crippen LogP contribution in [0.3, 0.4) is 0 Å². The molecule has 0 fully saturated rings. The van der Waals surface area contributed by atoms with Crippen LogP contribution in [0.2, 0.25) is 0 Å². The second kappa shape index (κ2) is 4.05. The van der Waals surface area contributed by atoms with E-state index in [1.165, 1.54) is 9.08 Å². The van der Waals surface area contributed by atoms with E-state index in [0.717, 1.165) is 0 Å². The predicted molar refractivity (Wildman–Crippen MR) is 55.4 cm³/mol. The van der Waals surface area contributed by atoms with Crippen LogP contribution in [-0.4, -0.2) is 25.7 Å². The molecule has 2 aromatic rings. The zero-order valence-corrected chi connectivity index (χ0v) is 8.08. The molecule has 2 aromatic heterocycles. The van der Waals surface area contributed by atoms with E-state index >= 15 is 0 Å². The summed E-state index contributed by atoms with van der Waals surface area (Å²) in [6, 6.07) is 0. The minimum Gasteiger partial charge on any atom is -0.327 e. The van der Waals surface area contributed by atoms with Gasteiger partial charge in [0.1, 0.15) is 0 Å². The predicted octanol–water partition coefficient (Wildman–Crippen LogP) is -0.594. The van der Waals surface area contributed by atoms with Crippen LogP contribution in [-0.2, 0) is 6.54 Å². The molecule has 6 nitrogen and oxygen atoms in total. The van der Waals surface area contributed by atoms with E-state index in [1.54, 1.807) is 30.7 Å². The van der Waals surface area contributed by atoms with Crippen molar-refractivity contribution in [1.82, 2.24) is 19.2 Å². The second-order valence-electron chi connectivity index (χ2n) is 2.98. The van der Waals surface area contributed by atoms with Crippen molar-refractivity contribution in [2.24, 2.45) is 5.73 Å². The lowest BCUT2D eigenvalue weighted by Crippen LogP contribution is -2.20. The van der Waals surface area contributed by atoms with Gasteiger partial charge in [0, 0.05) is 18.9 Å². The van der Waals surface area contributed by atoms with Gasteiger partial charge in [0.2, 0.25) is 0 Å². The van der Waals surface area contributed by atoms with E-state index in [2.05, 4.69) is 10.1 Å². The van der Waals surface area contributed by atoms with E-state index in [0.29, 0.717) is 18.7 Å². The fourth-order valence-corrected chi connectivity index (χ4v) is 1.27. The number of nitrogens with zero attached hydrogens (tertiary/aromatic N) is 4. The van der Waals surface area contributed by atoms with E-state index in [9.17, 15) is 4.79 Å². The van der Waals surface area contributed by atoms with Crippen molar-refractivity contribution < 1.29 is 0 Å². The van der Waals surface area contributed by atoms with E-state index in [4.69, 9.17) is 5.73 Å². The Morgan fingerprint density at radius 1 is 1.47 bits per heavy atom. The van der Waals surface area contributed by atoms with Crippen molar-refractivity contribution in [3.05, 3.63) is 41.2 Å².